The smallest absolute Gasteiger partial charge is 0.224 e. The van der Waals surface area contributed by atoms with E-state index in [2.05, 4.69) is 25.4 Å². The van der Waals surface area contributed by atoms with E-state index in [0.717, 1.165) is 23.4 Å². The zero-order valence-corrected chi connectivity index (χ0v) is 11.9. The van der Waals surface area contributed by atoms with Crippen molar-refractivity contribution in [2.75, 3.05) is 5.32 Å². The monoisotopic (exact) mass is 296 g/mol. The van der Waals surface area contributed by atoms with Crippen LogP contribution in [0.15, 0.2) is 49.4 Å². The van der Waals surface area contributed by atoms with Crippen molar-refractivity contribution in [2.24, 2.45) is 0 Å². The first-order chi connectivity index (χ1) is 10.8. The van der Waals surface area contributed by atoms with Gasteiger partial charge in [0.2, 0.25) is 5.91 Å². The Morgan fingerprint density at radius 2 is 2.27 bits per heavy atom. The van der Waals surface area contributed by atoms with Gasteiger partial charge in [-0.05, 0) is 18.6 Å². The number of carbonyl (C=O) groups is 1. The number of aromatic amines is 1. The molecule has 1 amide bonds. The zero-order valence-electron chi connectivity index (χ0n) is 11.9. The Kier molecular flexibility index (Phi) is 4.24. The van der Waals surface area contributed by atoms with Crippen molar-refractivity contribution in [2.45, 2.75) is 19.4 Å². The van der Waals surface area contributed by atoms with Gasteiger partial charge in [0.1, 0.15) is 12.7 Å². The number of carbonyl (C=O) groups excluding carboxylic acids is 1. The summed E-state index contributed by atoms with van der Waals surface area (Å²) in [6.45, 7) is 0.682. The summed E-state index contributed by atoms with van der Waals surface area (Å²) in [7, 11) is 0. The van der Waals surface area contributed by atoms with Gasteiger partial charge < -0.3 is 10.3 Å². The number of hydrogen-bond acceptors (Lipinski definition) is 4. The number of nitrogens with one attached hydrogen (secondary N) is 2. The van der Waals surface area contributed by atoms with Gasteiger partial charge in [-0.1, -0.05) is 12.1 Å². The van der Waals surface area contributed by atoms with Crippen LogP contribution in [-0.2, 0) is 11.3 Å². The van der Waals surface area contributed by atoms with E-state index in [1.54, 1.807) is 23.5 Å². The minimum Gasteiger partial charge on any atom is -0.345 e. The predicted octanol–water partition coefficient (Wildman–Crippen LogP) is 2.09. The molecule has 0 bridgehead atoms. The highest BCUT2D eigenvalue weighted by Crippen LogP contribution is 2.20. The Morgan fingerprint density at radius 3 is 3.05 bits per heavy atom. The third-order valence-electron chi connectivity index (χ3n) is 3.21. The van der Waals surface area contributed by atoms with E-state index in [-0.39, 0.29) is 5.91 Å². The molecule has 0 fully saturated rings. The van der Waals surface area contributed by atoms with Gasteiger partial charge in [-0.15, -0.1) is 0 Å². The lowest BCUT2D eigenvalue weighted by Gasteiger charge is -2.07. The first kappa shape index (κ1) is 14.0. The molecule has 3 aromatic rings. The molecule has 7 nitrogen and oxygen atoms in total. The first-order valence-corrected chi connectivity index (χ1v) is 7.02. The van der Waals surface area contributed by atoms with Crippen molar-refractivity contribution in [1.82, 2.24) is 24.7 Å². The van der Waals surface area contributed by atoms with Crippen LogP contribution in [-0.4, -0.2) is 30.6 Å². The Balaban J connectivity index is 1.54. The van der Waals surface area contributed by atoms with Crippen molar-refractivity contribution in [3.8, 4) is 11.3 Å². The molecule has 0 spiro atoms. The van der Waals surface area contributed by atoms with Gasteiger partial charge in [0.15, 0.2) is 0 Å². The van der Waals surface area contributed by atoms with Crippen molar-refractivity contribution < 1.29 is 4.79 Å². The molecule has 0 unspecified atom stereocenters. The standard InChI is InChI=1S/C15H16N6O/c22-15(5-2-6-21-11-17-10-19-21)20-13-4-1-3-12(7-13)14-8-16-9-18-14/h1,3-4,7-11H,2,5-6H2,(H,16,18)(H,20,22). The summed E-state index contributed by atoms with van der Waals surface area (Å²) in [6, 6.07) is 7.66. The van der Waals surface area contributed by atoms with Crippen LogP contribution in [0.25, 0.3) is 11.3 Å². The van der Waals surface area contributed by atoms with Gasteiger partial charge in [-0.2, -0.15) is 5.10 Å². The number of imidazole rings is 1. The molecule has 7 heteroatoms. The fourth-order valence-corrected chi connectivity index (χ4v) is 2.15. The number of nitrogens with zero attached hydrogens (tertiary/aromatic N) is 4. The molecule has 2 heterocycles. The minimum absolute atomic E-state index is 0.0122. The maximum absolute atomic E-state index is 12.0. The van der Waals surface area contributed by atoms with E-state index in [9.17, 15) is 4.79 Å². The van der Waals surface area contributed by atoms with Crippen molar-refractivity contribution in [3.05, 3.63) is 49.4 Å². The maximum Gasteiger partial charge on any atom is 0.224 e. The number of amides is 1. The van der Waals surface area contributed by atoms with Gasteiger partial charge in [0.05, 0.1) is 18.2 Å². The Labute approximate surface area is 127 Å². The Hall–Kier alpha value is -2.96. The molecular weight excluding hydrogens is 280 g/mol. The van der Waals surface area contributed by atoms with Gasteiger partial charge in [0, 0.05) is 24.2 Å². The molecular formula is C15H16N6O. The summed E-state index contributed by atoms with van der Waals surface area (Å²) in [4.78, 5) is 22.9. The van der Waals surface area contributed by atoms with Crippen molar-refractivity contribution in [1.29, 1.82) is 0 Å². The second kappa shape index (κ2) is 6.66. The molecule has 0 aliphatic carbocycles. The van der Waals surface area contributed by atoms with Gasteiger partial charge in [-0.3, -0.25) is 9.48 Å². The van der Waals surface area contributed by atoms with Crippen LogP contribution in [0.4, 0.5) is 5.69 Å². The van der Waals surface area contributed by atoms with Crippen LogP contribution in [0.3, 0.4) is 0 Å². The highest BCUT2D eigenvalue weighted by molar-refractivity contribution is 5.91. The highest BCUT2D eigenvalue weighted by atomic mass is 16.1. The second-order valence-corrected chi connectivity index (χ2v) is 4.86. The number of benzene rings is 1. The predicted molar refractivity (Wildman–Crippen MR) is 81.9 cm³/mol. The Morgan fingerprint density at radius 1 is 1.32 bits per heavy atom. The lowest BCUT2D eigenvalue weighted by atomic mass is 10.1. The van der Waals surface area contributed by atoms with E-state index >= 15 is 0 Å². The summed E-state index contributed by atoms with van der Waals surface area (Å²) in [5.41, 5.74) is 2.68. The molecule has 2 aromatic heterocycles. The third kappa shape index (κ3) is 3.57. The summed E-state index contributed by atoms with van der Waals surface area (Å²) in [5, 5.41) is 6.91. The fraction of sp³-hybridized carbons (Fsp3) is 0.200. The van der Waals surface area contributed by atoms with Crippen LogP contribution in [0.5, 0.6) is 0 Å². The van der Waals surface area contributed by atoms with Gasteiger partial charge >= 0.3 is 0 Å². The van der Waals surface area contributed by atoms with Crippen LogP contribution in [0.1, 0.15) is 12.8 Å². The van der Waals surface area contributed by atoms with Crippen LogP contribution >= 0.6 is 0 Å². The molecule has 0 aliphatic rings. The molecule has 0 aliphatic heterocycles. The first-order valence-electron chi connectivity index (χ1n) is 7.02. The summed E-state index contributed by atoms with van der Waals surface area (Å²) in [5.74, 6) is -0.0122. The van der Waals surface area contributed by atoms with Crippen molar-refractivity contribution in [3.63, 3.8) is 0 Å². The van der Waals surface area contributed by atoms with E-state index < -0.39 is 0 Å². The average Bonchev–Trinajstić information content (AvgIpc) is 3.21. The molecule has 3 rings (SSSR count). The number of H-pyrrole nitrogens is 1. The van der Waals surface area contributed by atoms with E-state index in [0.29, 0.717) is 13.0 Å². The van der Waals surface area contributed by atoms with E-state index in [1.807, 2.05) is 24.3 Å². The summed E-state index contributed by atoms with van der Waals surface area (Å²) >= 11 is 0. The average molecular weight is 296 g/mol. The van der Waals surface area contributed by atoms with Gasteiger partial charge in [0.25, 0.3) is 0 Å². The molecule has 22 heavy (non-hydrogen) atoms. The fourth-order valence-electron chi connectivity index (χ4n) is 2.15. The van der Waals surface area contributed by atoms with Gasteiger partial charge in [-0.25, -0.2) is 9.97 Å². The molecule has 0 atom stereocenters. The summed E-state index contributed by atoms with van der Waals surface area (Å²) in [6.07, 6.45) is 7.67. The van der Waals surface area contributed by atoms with Crippen LogP contribution in [0, 0.1) is 0 Å². The molecule has 0 radical (unpaired) electrons. The number of anilines is 1. The van der Waals surface area contributed by atoms with Crippen LogP contribution in [0.2, 0.25) is 0 Å². The zero-order chi connectivity index (χ0) is 15.2. The molecule has 2 N–H and O–H groups in total. The number of aromatic nitrogens is 5. The Bertz CT molecular complexity index is 720. The molecule has 1 aromatic carbocycles. The van der Waals surface area contributed by atoms with E-state index in [4.69, 9.17) is 0 Å². The molecule has 112 valence electrons. The number of rotatable bonds is 6. The SMILES string of the molecule is O=C(CCCn1cncn1)Nc1cccc(-c2cnc[nH]2)c1. The third-order valence-corrected chi connectivity index (χ3v) is 3.21. The minimum atomic E-state index is -0.0122. The lowest BCUT2D eigenvalue weighted by Crippen LogP contribution is -2.12. The largest absolute Gasteiger partial charge is 0.345 e. The number of hydrogen-bond donors (Lipinski definition) is 2. The summed E-state index contributed by atoms with van der Waals surface area (Å²) < 4.78 is 1.71. The quantitative estimate of drug-likeness (QED) is 0.729. The second-order valence-electron chi connectivity index (χ2n) is 4.86. The lowest BCUT2D eigenvalue weighted by molar-refractivity contribution is -0.116. The molecule has 0 saturated carbocycles. The maximum atomic E-state index is 12.0. The van der Waals surface area contributed by atoms with Crippen molar-refractivity contribution >= 4 is 11.6 Å². The topological polar surface area (TPSA) is 88.5 Å². The van der Waals surface area contributed by atoms with E-state index in [1.165, 1.54) is 6.33 Å². The molecule has 0 saturated heterocycles. The number of aryl methyl sites for hydroxylation is 1. The normalized spacial score (nSPS) is 10.5. The van der Waals surface area contributed by atoms with Crippen LogP contribution < -0.4 is 5.32 Å². The highest BCUT2D eigenvalue weighted by Gasteiger charge is 2.05.